The summed E-state index contributed by atoms with van der Waals surface area (Å²) in [6, 6.07) is 4.38. The summed E-state index contributed by atoms with van der Waals surface area (Å²) in [5, 5.41) is 0. The van der Waals surface area contributed by atoms with Crippen LogP contribution >= 0.6 is 15.9 Å². The van der Waals surface area contributed by atoms with Gasteiger partial charge in [0.15, 0.2) is 0 Å². The molecule has 3 nitrogen and oxygen atoms in total. The minimum Gasteiger partial charge on any atom is -0.469 e. The molecule has 0 fully saturated rings. The molecule has 2 N–H and O–H groups in total. The predicted molar refractivity (Wildman–Crippen MR) is 76.4 cm³/mol. The van der Waals surface area contributed by atoms with E-state index in [-0.39, 0.29) is 18.2 Å². The SMILES string of the molecule is COC(=O)CC(C)(c1ccc(F)cc1Br)C(C)(C)N. The van der Waals surface area contributed by atoms with Gasteiger partial charge in [0.05, 0.1) is 13.5 Å². The number of benzene rings is 1. The maximum absolute atomic E-state index is 13.2. The fourth-order valence-corrected chi connectivity index (χ4v) is 2.76. The van der Waals surface area contributed by atoms with Gasteiger partial charge in [0.1, 0.15) is 5.82 Å². The van der Waals surface area contributed by atoms with Gasteiger partial charge in [-0.3, -0.25) is 4.79 Å². The van der Waals surface area contributed by atoms with E-state index in [9.17, 15) is 9.18 Å². The Morgan fingerprint density at radius 2 is 2.00 bits per heavy atom. The van der Waals surface area contributed by atoms with Crippen molar-refractivity contribution >= 4 is 21.9 Å². The minimum absolute atomic E-state index is 0.122. The number of rotatable bonds is 4. The van der Waals surface area contributed by atoms with E-state index in [1.807, 2.05) is 20.8 Å². The van der Waals surface area contributed by atoms with E-state index in [0.717, 1.165) is 5.56 Å². The highest BCUT2D eigenvalue weighted by Crippen LogP contribution is 2.40. The number of methoxy groups -OCH3 is 1. The Bertz CT molecular complexity index is 485. The average molecular weight is 332 g/mol. The Labute approximate surface area is 121 Å². The van der Waals surface area contributed by atoms with Crippen LogP contribution in [0.1, 0.15) is 32.8 Å². The van der Waals surface area contributed by atoms with Crippen LogP contribution in [0.5, 0.6) is 0 Å². The number of hydrogen-bond donors (Lipinski definition) is 1. The maximum Gasteiger partial charge on any atom is 0.306 e. The molecule has 0 heterocycles. The summed E-state index contributed by atoms with van der Waals surface area (Å²) in [5.74, 6) is -0.692. The van der Waals surface area contributed by atoms with E-state index in [1.54, 1.807) is 6.07 Å². The first kappa shape index (κ1) is 16.1. The van der Waals surface area contributed by atoms with E-state index >= 15 is 0 Å². The third-order valence-corrected chi connectivity index (χ3v) is 4.33. The molecule has 106 valence electrons. The zero-order valence-electron chi connectivity index (χ0n) is 11.6. The first-order valence-electron chi connectivity index (χ1n) is 5.93. The molecule has 0 aliphatic carbocycles. The summed E-state index contributed by atoms with van der Waals surface area (Å²) in [5.41, 5.74) is 5.66. The summed E-state index contributed by atoms with van der Waals surface area (Å²) in [6.45, 7) is 5.55. The van der Waals surface area contributed by atoms with Crippen LogP contribution in [0.4, 0.5) is 4.39 Å². The van der Waals surface area contributed by atoms with E-state index in [0.29, 0.717) is 4.47 Å². The lowest BCUT2D eigenvalue weighted by molar-refractivity contribution is -0.142. The monoisotopic (exact) mass is 331 g/mol. The predicted octanol–water partition coefficient (Wildman–Crippen LogP) is 3.15. The molecule has 1 atom stereocenters. The molecule has 0 amide bonds. The lowest BCUT2D eigenvalue weighted by Crippen LogP contribution is -2.53. The van der Waals surface area contributed by atoms with Crippen molar-refractivity contribution < 1.29 is 13.9 Å². The minimum atomic E-state index is -0.679. The van der Waals surface area contributed by atoms with Gasteiger partial charge in [-0.25, -0.2) is 4.39 Å². The summed E-state index contributed by atoms with van der Waals surface area (Å²) in [6.07, 6.45) is 0.122. The van der Waals surface area contributed by atoms with Crippen LogP contribution < -0.4 is 5.73 Å². The molecule has 19 heavy (non-hydrogen) atoms. The Morgan fingerprint density at radius 3 is 2.42 bits per heavy atom. The van der Waals surface area contributed by atoms with E-state index in [1.165, 1.54) is 19.2 Å². The van der Waals surface area contributed by atoms with E-state index in [2.05, 4.69) is 15.9 Å². The molecule has 1 unspecified atom stereocenters. The molecule has 0 aliphatic heterocycles. The summed E-state index contributed by atoms with van der Waals surface area (Å²) in [4.78, 5) is 11.7. The maximum atomic E-state index is 13.2. The number of hydrogen-bond acceptors (Lipinski definition) is 3. The molecule has 5 heteroatoms. The normalized spacial score (nSPS) is 14.9. The van der Waals surface area contributed by atoms with Gasteiger partial charge in [-0.1, -0.05) is 28.9 Å². The molecule has 0 saturated carbocycles. The van der Waals surface area contributed by atoms with Crippen LogP contribution in [0, 0.1) is 5.82 Å². The van der Waals surface area contributed by atoms with Crippen LogP contribution in [0.25, 0.3) is 0 Å². The van der Waals surface area contributed by atoms with Crippen molar-refractivity contribution in [3.8, 4) is 0 Å². The van der Waals surface area contributed by atoms with Crippen molar-refractivity contribution in [2.75, 3.05) is 7.11 Å². The van der Waals surface area contributed by atoms with Gasteiger partial charge in [-0.15, -0.1) is 0 Å². The van der Waals surface area contributed by atoms with Gasteiger partial charge < -0.3 is 10.5 Å². The first-order chi connectivity index (χ1) is 8.61. The lowest BCUT2D eigenvalue weighted by atomic mass is 9.66. The summed E-state index contributed by atoms with van der Waals surface area (Å²) in [7, 11) is 1.34. The zero-order chi connectivity index (χ0) is 14.8. The fourth-order valence-electron chi connectivity index (χ4n) is 1.97. The molecule has 0 spiro atoms. The first-order valence-corrected chi connectivity index (χ1v) is 6.72. The summed E-state index contributed by atoms with van der Waals surface area (Å²) >= 11 is 3.34. The Morgan fingerprint density at radius 1 is 1.42 bits per heavy atom. The van der Waals surface area contributed by atoms with Crippen LogP contribution in [-0.4, -0.2) is 18.6 Å². The van der Waals surface area contributed by atoms with Crippen LogP contribution in [-0.2, 0) is 14.9 Å². The molecule has 0 aliphatic rings. The van der Waals surface area contributed by atoms with Gasteiger partial charge >= 0.3 is 5.97 Å². The van der Waals surface area contributed by atoms with Crippen LogP contribution in [0.3, 0.4) is 0 Å². The highest BCUT2D eigenvalue weighted by molar-refractivity contribution is 9.10. The lowest BCUT2D eigenvalue weighted by Gasteiger charge is -2.42. The van der Waals surface area contributed by atoms with Gasteiger partial charge in [0.25, 0.3) is 0 Å². The van der Waals surface area contributed by atoms with E-state index in [4.69, 9.17) is 10.5 Å². The molecule has 0 radical (unpaired) electrons. The number of ether oxygens (including phenoxy) is 1. The average Bonchev–Trinajstić information content (AvgIpc) is 2.26. The molecular formula is C14H19BrFNO2. The molecular weight excluding hydrogens is 313 g/mol. The largest absolute Gasteiger partial charge is 0.469 e. The van der Waals surface area contributed by atoms with E-state index < -0.39 is 11.0 Å². The molecule has 0 bridgehead atoms. The van der Waals surface area contributed by atoms with Crippen LogP contribution in [0.2, 0.25) is 0 Å². The number of halogens is 2. The number of esters is 1. The molecule has 0 saturated heterocycles. The standard InChI is InChI=1S/C14H19BrFNO2/c1-13(2,17)14(3,8-12(18)19-4)10-6-5-9(16)7-11(10)15/h5-7H,8,17H2,1-4H3. The molecule has 0 aromatic heterocycles. The topological polar surface area (TPSA) is 52.3 Å². The van der Waals surface area contributed by atoms with Crippen molar-refractivity contribution in [3.05, 3.63) is 34.1 Å². The van der Waals surface area contributed by atoms with Gasteiger partial charge in [0.2, 0.25) is 0 Å². The Balaban J connectivity index is 3.35. The number of carbonyl (C=O) groups excluding carboxylic acids is 1. The van der Waals surface area contributed by atoms with Gasteiger partial charge in [0, 0.05) is 15.4 Å². The van der Waals surface area contributed by atoms with Crippen molar-refractivity contribution in [2.24, 2.45) is 5.73 Å². The fraction of sp³-hybridized carbons (Fsp3) is 0.500. The number of nitrogens with two attached hydrogens (primary N) is 1. The second-order valence-electron chi connectivity index (χ2n) is 5.43. The van der Waals surface area contributed by atoms with Crippen molar-refractivity contribution in [3.63, 3.8) is 0 Å². The third-order valence-electron chi connectivity index (χ3n) is 3.67. The second-order valence-corrected chi connectivity index (χ2v) is 6.29. The quantitative estimate of drug-likeness (QED) is 0.862. The van der Waals surface area contributed by atoms with Crippen molar-refractivity contribution in [1.82, 2.24) is 0 Å². The highest BCUT2D eigenvalue weighted by atomic mass is 79.9. The Hall–Kier alpha value is -0.940. The summed E-state index contributed by atoms with van der Waals surface area (Å²) < 4.78 is 18.5. The van der Waals surface area contributed by atoms with Gasteiger partial charge in [-0.2, -0.15) is 0 Å². The molecule has 1 aromatic carbocycles. The van der Waals surface area contributed by atoms with Crippen molar-refractivity contribution in [2.45, 2.75) is 38.1 Å². The third kappa shape index (κ3) is 3.34. The zero-order valence-corrected chi connectivity index (χ0v) is 13.2. The smallest absolute Gasteiger partial charge is 0.306 e. The van der Waals surface area contributed by atoms with Gasteiger partial charge in [-0.05, 0) is 31.5 Å². The van der Waals surface area contributed by atoms with Crippen LogP contribution in [0.15, 0.2) is 22.7 Å². The number of carbonyl (C=O) groups is 1. The highest BCUT2D eigenvalue weighted by Gasteiger charge is 2.43. The Kier molecular flexibility index (Phi) is 4.74. The van der Waals surface area contributed by atoms with Crippen molar-refractivity contribution in [1.29, 1.82) is 0 Å². The molecule has 1 rings (SSSR count). The second kappa shape index (κ2) is 5.59. The molecule has 1 aromatic rings.